The van der Waals surface area contributed by atoms with Crippen molar-refractivity contribution in [2.45, 2.75) is 63.7 Å². The van der Waals surface area contributed by atoms with Crippen LogP contribution >= 0.6 is 23.1 Å². The number of hydrogen-bond acceptors (Lipinski definition) is 6. The summed E-state index contributed by atoms with van der Waals surface area (Å²) in [5, 5.41) is 3.96. The third kappa shape index (κ3) is 5.03. The SMILES string of the molecule is CCCCN1CCC(NC(=O)CSCc2nc3sc4c(c3c(=O)[nH]2)CCC4)CC1. The number of rotatable bonds is 8. The van der Waals surface area contributed by atoms with E-state index in [1.165, 1.54) is 41.6 Å². The Bertz CT molecular complexity index is 915. The van der Waals surface area contributed by atoms with Gasteiger partial charge < -0.3 is 15.2 Å². The Hall–Kier alpha value is -1.38. The second kappa shape index (κ2) is 9.62. The molecule has 0 aromatic carbocycles. The molecule has 8 heteroatoms. The van der Waals surface area contributed by atoms with Gasteiger partial charge in [-0.05, 0) is 50.6 Å². The van der Waals surface area contributed by atoms with Crippen molar-refractivity contribution in [2.24, 2.45) is 0 Å². The molecule has 3 heterocycles. The number of carbonyl (C=O) groups is 1. The van der Waals surface area contributed by atoms with E-state index in [2.05, 4.69) is 27.1 Å². The summed E-state index contributed by atoms with van der Waals surface area (Å²) in [4.78, 5) is 37.0. The molecule has 0 saturated carbocycles. The molecule has 0 radical (unpaired) electrons. The third-order valence-electron chi connectivity index (χ3n) is 5.88. The molecule has 2 aromatic heterocycles. The molecular weight excluding hydrogens is 404 g/mol. The molecule has 0 atom stereocenters. The number of nitrogens with zero attached hydrogens (tertiary/aromatic N) is 2. The topological polar surface area (TPSA) is 78.1 Å². The Kier molecular flexibility index (Phi) is 6.92. The van der Waals surface area contributed by atoms with Crippen LogP contribution in [0.25, 0.3) is 10.2 Å². The number of carbonyl (C=O) groups excluding carboxylic acids is 1. The van der Waals surface area contributed by atoms with E-state index in [0.29, 0.717) is 23.4 Å². The largest absolute Gasteiger partial charge is 0.353 e. The van der Waals surface area contributed by atoms with Gasteiger partial charge >= 0.3 is 0 Å². The Morgan fingerprint density at radius 3 is 2.97 bits per heavy atom. The first-order chi connectivity index (χ1) is 14.1. The lowest BCUT2D eigenvalue weighted by molar-refractivity contribution is -0.119. The van der Waals surface area contributed by atoms with Gasteiger partial charge in [0.05, 0.1) is 16.9 Å². The van der Waals surface area contributed by atoms with Crippen LogP contribution in [0, 0.1) is 0 Å². The van der Waals surface area contributed by atoms with Gasteiger partial charge in [0.2, 0.25) is 5.91 Å². The molecule has 0 spiro atoms. The molecular formula is C21H30N4O2S2. The second-order valence-electron chi connectivity index (χ2n) is 8.08. The highest BCUT2D eigenvalue weighted by Crippen LogP contribution is 2.34. The number of thioether (sulfide) groups is 1. The predicted molar refractivity (Wildman–Crippen MR) is 121 cm³/mol. The Morgan fingerprint density at radius 1 is 1.34 bits per heavy atom. The van der Waals surface area contributed by atoms with Crippen molar-refractivity contribution in [1.29, 1.82) is 0 Å². The summed E-state index contributed by atoms with van der Waals surface area (Å²) >= 11 is 3.17. The molecule has 1 fully saturated rings. The molecule has 1 amide bonds. The van der Waals surface area contributed by atoms with Crippen molar-refractivity contribution in [3.63, 3.8) is 0 Å². The summed E-state index contributed by atoms with van der Waals surface area (Å²) in [6.45, 7) is 5.55. The number of piperidine rings is 1. The van der Waals surface area contributed by atoms with Gasteiger partial charge in [-0.15, -0.1) is 23.1 Å². The normalized spacial score (nSPS) is 17.7. The van der Waals surface area contributed by atoms with Crippen molar-refractivity contribution < 1.29 is 4.79 Å². The van der Waals surface area contributed by atoms with E-state index in [4.69, 9.17) is 0 Å². The summed E-state index contributed by atoms with van der Waals surface area (Å²) in [5.74, 6) is 1.71. The fourth-order valence-electron chi connectivity index (χ4n) is 4.31. The van der Waals surface area contributed by atoms with E-state index in [9.17, 15) is 9.59 Å². The molecule has 0 unspecified atom stereocenters. The number of H-pyrrole nitrogens is 1. The van der Waals surface area contributed by atoms with Crippen molar-refractivity contribution in [3.8, 4) is 0 Å². The maximum Gasteiger partial charge on any atom is 0.259 e. The maximum absolute atomic E-state index is 12.5. The number of aromatic nitrogens is 2. The van der Waals surface area contributed by atoms with E-state index < -0.39 is 0 Å². The van der Waals surface area contributed by atoms with Gasteiger partial charge in [0.15, 0.2) is 0 Å². The molecule has 2 N–H and O–H groups in total. The molecule has 158 valence electrons. The highest BCUT2D eigenvalue weighted by Gasteiger charge is 2.22. The predicted octanol–water partition coefficient (Wildman–Crippen LogP) is 3.09. The van der Waals surface area contributed by atoms with Gasteiger partial charge in [0.25, 0.3) is 5.56 Å². The number of aromatic amines is 1. The molecule has 1 aliphatic heterocycles. The van der Waals surface area contributed by atoms with Gasteiger partial charge in [0.1, 0.15) is 10.7 Å². The van der Waals surface area contributed by atoms with Crippen LogP contribution in [0.1, 0.15) is 55.3 Å². The van der Waals surface area contributed by atoms with E-state index in [1.807, 2.05) is 0 Å². The molecule has 1 saturated heterocycles. The smallest absolute Gasteiger partial charge is 0.259 e. The minimum atomic E-state index is -0.0238. The minimum absolute atomic E-state index is 0.0238. The van der Waals surface area contributed by atoms with E-state index >= 15 is 0 Å². The average molecular weight is 435 g/mol. The van der Waals surface area contributed by atoms with Crippen molar-refractivity contribution >= 4 is 39.2 Å². The monoisotopic (exact) mass is 434 g/mol. The van der Waals surface area contributed by atoms with Gasteiger partial charge in [-0.1, -0.05) is 13.3 Å². The summed E-state index contributed by atoms with van der Waals surface area (Å²) in [6.07, 6.45) is 7.76. The summed E-state index contributed by atoms with van der Waals surface area (Å²) in [7, 11) is 0. The number of hydrogen-bond donors (Lipinski definition) is 2. The first kappa shape index (κ1) is 20.9. The highest BCUT2D eigenvalue weighted by atomic mass is 32.2. The summed E-state index contributed by atoms with van der Waals surface area (Å²) in [5.41, 5.74) is 1.18. The van der Waals surface area contributed by atoms with Gasteiger partial charge in [-0.3, -0.25) is 9.59 Å². The Labute approximate surface area is 179 Å². The number of amides is 1. The first-order valence-electron chi connectivity index (χ1n) is 10.8. The van der Waals surface area contributed by atoms with E-state index in [0.717, 1.165) is 55.4 Å². The zero-order valence-corrected chi connectivity index (χ0v) is 18.7. The van der Waals surface area contributed by atoms with Crippen molar-refractivity contribution in [1.82, 2.24) is 20.2 Å². The molecule has 4 rings (SSSR count). The lowest BCUT2D eigenvalue weighted by atomic mass is 10.0. The van der Waals surface area contributed by atoms with Crippen LogP contribution in [0.4, 0.5) is 0 Å². The third-order valence-corrected chi connectivity index (χ3v) is 8.01. The van der Waals surface area contributed by atoms with Gasteiger partial charge in [-0.25, -0.2) is 4.98 Å². The van der Waals surface area contributed by atoms with Crippen molar-refractivity contribution in [3.05, 3.63) is 26.6 Å². The molecule has 0 bridgehead atoms. The molecule has 1 aliphatic carbocycles. The molecule has 2 aromatic rings. The van der Waals surface area contributed by atoms with Crippen LogP contribution in [0.2, 0.25) is 0 Å². The maximum atomic E-state index is 12.5. The zero-order chi connectivity index (χ0) is 20.2. The number of likely N-dealkylation sites (tertiary alicyclic amines) is 1. The zero-order valence-electron chi connectivity index (χ0n) is 17.1. The van der Waals surface area contributed by atoms with Gasteiger partial charge in [0, 0.05) is 24.0 Å². The van der Waals surface area contributed by atoms with Crippen molar-refractivity contribution in [2.75, 3.05) is 25.4 Å². The van der Waals surface area contributed by atoms with E-state index in [-0.39, 0.29) is 11.5 Å². The number of unbranched alkanes of at least 4 members (excludes halogenated alkanes) is 1. The second-order valence-corrected chi connectivity index (χ2v) is 10.1. The summed E-state index contributed by atoms with van der Waals surface area (Å²) in [6, 6.07) is 0.295. The fraction of sp³-hybridized carbons (Fsp3) is 0.667. The van der Waals surface area contributed by atoms with Crippen LogP contribution in [0.3, 0.4) is 0 Å². The molecule has 6 nitrogen and oxygen atoms in total. The number of fused-ring (bicyclic) bond motifs is 3. The lowest BCUT2D eigenvalue weighted by Crippen LogP contribution is -2.45. The quantitative estimate of drug-likeness (QED) is 0.668. The van der Waals surface area contributed by atoms with Crippen LogP contribution in [0.15, 0.2) is 4.79 Å². The van der Waals surface area contributed by atoms with Crippen LogP contribution in [0.5, 0.6) is 0 Å². The highest BCUT2D eigenvalue weighted by molar-refractivity contribution is 7.99. The average Bonchev–Trinajstić information content (AvgIpc) is 3.28. The summed E-state index contributed by atoms with van der Waals surface area (Å²) < 4.78 is 0. The van der Waals surface area contributed by atoms with Gasteiger partial charge in [-0.2, -0.15) is 0 Å². The number of nitrogens with one attached hydrogen (secondary N) is 2. The number of aryl methyl sites for hydroxylation is 2. The Morgan fingerprint density at radius 2 is 2.17 bits per heavy atom. The minimum Gasteiger partial charge on any atom is -0.353 e. The standard InChI is InChI=1S/C21H30N4O2S2/c1-2-3-9-25-10-7-14(8-11-25)22-18(26)13-28-12-17-23-20(27)19-15-5-4-6-16(15)29-21(19)24-17/h14H,2-13H2,1H3,(H,22,26)(H,23,24,27). The number of thiophene rings is 1. The first-order valence-corrected chi connectivity index (χ1v) is 12.7. The van der Waals surface area contributed by atoms with Crippen LogP contribution in [-0.2, 0) is 23.4 Å². The lowest BCUT2D eigenvalue weighted by Gasteiger charge is -2.32. The fourth-order valence-corrected chi connectivity index (χ4v) is 6.29. The molecule has 2 aliphatic rings. The van der Waals surface area contributed by atoms with Crippen LogP contribution < -0.4 is 10.9 Å². The molecule has 29 heavy (non-hydrogen) atoms. The van der Waals surface area contributed by atoms with E-state index in [1.54, 1.807) is 11.3 Å². The van der Waals surface area contributed by atoms with Crippen LogP contribution in [-0.4, -0.2) is 52.2 Å². The Balaban J connectivity index is 1.23.